The Labute approximate surface area is 293 Å². The predicted octanol–water partition coefficient (Wildman–Crippen LogP) is 5.50. The van der Waals surface area contributed by atoms with Gasteiger partial charge in [0.1, 0.15) is 0 Å². The number of halogens is 1. The molecule has 2 fully saturated rings. The van der Waals surface area contributed by atoms with E-state index in [0.717, 1.165) is 15.1 Å². The zero-order chi connectivity index (χ0) is 34.8. The van der Waals surface area contributed by atoms with E-state index in [2.05, 4.69) is 48.6 Å². The number of alkyl halides is 1. The van der Waals surface area contributed by atoms with Crippen LogP contribution in [0.1, 0.15) is 92.7 Å². The molecule has 0 bridgehead atoms. The third-order valence-electron chi connectivity index (χ3n) is 8.22. The molecular weight excluding hydrogens is 715 g/mol. The first-order valence-electron chi connectivity index (χ1n) is 16.2. The van der Waals surface area contributed by atoms with Crippen LogP contribution >= 0.6 is 22.6 Å². The lowest BCUT2D eigenvalue weighted by atomic mass is 9.69. The topological polar surface area (TPSA) is 165 Å². The fourth-order valence-corrected chi connectivity index (χ4v) is 5.49. The predicted molar refractivity (Wildman–Crippen MR) is 186 cm³/mol. The van der Waals surface area contributed by atoms with E-state index in [1.165, 1.54) is 0 Å². The minimum Gasteiger partial charge on any atom is -0.392 e. The van der Waals surface area contributed by atoms with Gasteiger partial charge in [-0.2, -0.15) is 10.5 Å². The lowest BCUT2D eigenvalue weighted by Crippen LogP contribution is -2.32. The molecule has 10 nitrogen and oxygen atoms in total. The molecule has 4 rings (SSSR count). The first-order valence-corrected chi connectivity index (χ1v) is 17.4. The Hall–Kier alpha value is -2.17. The van der Waals surface area contributed by atoms with Crippen molar-refractivity contribution in [1.29, 1.82) is 10.5 Å². The van der Waals surface area contributed by atoms with Crippen molar-refractivity contribution >= 4 is 22.6 Å². The van der Waals surface area contributed by atoms with Crippen molar-refractivity contribution in [3.05, 3.63) is 69.8 Å². The molecule has 2 aliphatic rings. The van der Waals surface area contributed by atoms with Crippen molar-refractivity contribution in [2.45, 2.75) is 108 Å². The van der Waals surface area contributed by atoms with Crippen LogP contribution in [0, 0.1) is 28.6 Å². The lowest BCUT2D eigenvalue weighted by molar-refractivity contribution is -0.0510. The van der Waals surface area contributed by atoms with Crippen LogP contribution < -0.4 is 0 Å². The van der Waals surface area contributed by atoms with E-state index in [0.29, 0.717) is 74.4 Å². The fraction of sp³-hybridized carbons (Fsp3) is 0.611. The van der Waals surface area contributed by atoms with Crippen molar-refractivity contribution < 1.29 is 39.4 Å². The molecule has 0 aromatic heterocycles. The Morgan fingerprint density at radius 2 is 1.21 bits per heavy atom. The average Bonchev–Trinajstić information content (AvgIpc) is 3.80. The molecule has 2 heterocycles. The van der Waals surface area contributed by atoms with Crippen LogP contribution in [0.4, 0.5) is 0 Å². The molecule has 2 aromatic carbocycles. The normalized spacial score (nSPS) is 16.9. The second-order valence-corrected chi connectivity index (χ2v) is 14.5. The highest BCUT2D eigenvalue weighted by molar-refractivity contribution is 14.1. The van der Waals surface area contributed by atoms with Crippen LogP contribution in [0.3, 0.4) is 0 Å². The SMILES string of the molecule is CC(C)C(C#N)(CCC1OCCO1)c1ccc(CO)c(CO)c1.CC(C)I.N#CC(CCC1OCCO1)c1ccc(CO)c(CO)c1. The molecule has 47 heavy (non-hydrogen) atoms. The standard InChI is InChI=1S/C18H25NO4.C15H19NO4.C3H7I/c1-13(2)18(12-19,6-5-17-22-7-8-23-17)16-4-3-14(10-20)15(9-16)11-21;16-8-12(3-4-15-19-5-6-20-15)11-1-2-13(9-17)14(7-11)10-18;1-3(2)4/h3-4,9,13,17,20-21H,5-8,10-11H2,1-2H3;1-2,7,12,15,17-18H,3-6,9-10H2;3H,1-2H3. The van der Waals surface area contributed by atoms with Gasteiger partial charge in [-0.25, -0.2) is 0 Å². The van der Waals surface area contributed by atoms with Crippen LogP contribution in [0.15, 0.2) is 36.4 Å². The Balaban J connectivity index is 0.000000296. The molecule has 0 saturated carbocycles. The number of aliphatic hydroxyl groups excluding tert-OH is 4. The zero-order valence-electron chi connectivity index (χ0n) is 28.0. The van der Waals surface area contributed by atoms with E-state index in [9.17, 15) is 30.9 Å². The Kier molecular flexibility index (Phi) is 19.0. The Morgan fingerprint density at radius 3 is 1.66 bits per heavy atom. The molecule has 4 N–H and O–H groups in total. The van der Waals surface area contributed by atoms with Gasteiger partial charge in [-0.05, 0) is 58.6 Å². The summed E-state index contributed by atoms with van der Waals surface area (Å²) in [5, 5.41) is 56.6. The smallest absolute Gasteiger partial charge is 0.157 e. The number of nitriles is 2. The van der Waals surface area contributed by atoms with E-state index >= 15 is 0 Å². The number of hydrogen-bond acceptors (Lipinski definition) is 10. The largest absolute Gasteiger partial charge is 0.392 e. The van der Waals surface area contributed by atoms with Crippen molar-refractivity contribution in [3.63, 3.8) is 0 Å². The molecule has 0 spiro atoms. The number of hydrogen-bond donors (Lipinski definition) is 4. The molecule has 0 amide bonds. The van der Waals surface area contributed by atoms with Gasteiger partial charge in [-0.1, -0.05) is 86.7 Å². The maximum Gasteiger partial charge on any atom is 0.157 e. The molecule has 2 unspecified atom stereocenters. The highest BCUT2D eigenvalue weighted by atomic mass is 127. The molecule has 260 valence electrons. The Morgan fingerprint density at radius 1 is 0.745 bits per heavy atom. The minimum atomic E-state index is -0.673. The molecular formula is C36H51IN2O8. The van der Waals surface area contributed by atoms with Gasteiger partial charge in [0.05, 0.1) is 76.3 Å². The fourth-order valence-electron chi connectivity index (χ4n) is 5.49. The Bertz CT molecular complexity index is 1280. The van der Waals surface area contributed by atoms with Gasteiger partial charge < -0.3 is 39.4 Å². The number of nitrogens with zero attached hydrogens (tertiary/aromatic N) is 2. The van der Waals surface area contributed by atoms with Crippen molar-refractivity contribution in [3.8, 4) is 12.1 Å². The summed E-state index contributed by atoms with van der Waals surface area (Å²) in [6.45, 7) is 10.3. The summed E-state index contributed by atoms with van der Waals surface area (Å²) in [6, 6.07) is 15.6. The van der Waals surface area contributed by atoms with Crippen LogP contribution in [0.5, 0.6) is 0 Å². The number of aliphatic hydroxyl groups is 4. The molecule has 0 radical (unpaired) electrons. The van der Waals surface area contributed by atoms with Crippen LogP contribution in [0.2, 0.25) is 0 Å². The molecule has 2 aromatic rings. The highest BCUT2D eigenvalue weighted by Crippen LogP contribution is 2.38. The van der Waals surface area contributed by atoms with Gasteiger partial charge in [0, 0.05) is 10.3 Å². The molecule has 2 aliphatic heterocycles. The van der Waals surface area contributed by atoms with Crippen molar-refractivity contribution in [1.82, 2.24) is 0 Å². The monoisotopic (exact) mass is 766 g/mol. The summed E-state index contributed by atoms with van der Waals surface area (Å²) in [4.78, 5) is 0. The first-order chi connectivity index (χ1) is 22.6. The van der Waals surface area contributed by atoms with E-state index in [1.807, 2.05) is 32.0 Å². The van der Waals surface area contributed by atoms with Gasteiger partial charge in [-0.3, -0.25) is 0 Å². The summed E-state index contributed by atoms with van der Waals surface area (Å²) in [6.07, 6.45) is 2.14. The van der Waals surface area contributed by atoms with Crippen LogP contribution in [0.25, 0.3) is 0 Å². The molecule has 11 heteroatoms. The van der Waals surface area contributed by atoms with Crippen LogP contribution in [-0.4, -0.2) is 63.4 Å². The van der Waals surface area contributed by atoms with E-state index in [4.69, 9.17) is 18.9 Å². The molecule has 2 saturated heterocycles. The maximum absolute atomic E-state index is 9.92. The van der Waals surface area contributed by atoms with Crippen molar-refractivity contribution in [2.75, 3.05) is 26.4 Å². The average molecular weight is 767 g/mol. The van der Waals surface area contributed by atoms with Gasteiger partial charge in [0.15, 0.2) is 12.6 Å². The van der Waals surface area contributed by atoms with E-state index in [-0.39, 0.29) is 50.8 Å². The second kappa shape index (κ2) is 21.7. The lowest BCUT2D eigenvalue weighted by Gasteiger charge is -2.32. The van der Waals surface area contributed by atoms with Crippen molar-refractivity contribution in [2.24, 2.45) is 5.92 Å². The molecule has 0 aliphatic carbocycles. The van der Waals surface area contributed by atoms with E-state index in [1.54, 1.807) is 18.2 Å². The summed E-state index contributed by atoms with van der Waals surface area (Å²) in [5.41, 5.74) is 3.76. The number of rotatable bonds is 13. The first kappa shape index (κ1) is 41.0. The zero-order valence-corrected chi connectivity index (χ0v) is 30.2. The third kappa shape index (κ3) is 12.7. The third-order valence-corrected chi connectivity index (χ3v) is 8.22. The summed E-state index contributed by atoms with van der Waals surface area (Å²) < 4.78 is 22.5. The summed E-state index contributed by atoms with van der Waals surface area (Å²) in [5.74, 6) is -0.165. The number of benzene rings is 2. The molecule has 2 atom stereocenters. The quantitative estimate of drug-likeness (QED) is 0.151. The van der Waals surface area contributed by atoms with Gasteiger partial charge in [0.25, 0.3) is 0 Å². The van der Waals surface area contributed by atoms with Gasteiger partial charge >= 0.3 is 0 Å². The van der Waals surface area contributed by atoms with Gasteiger partial charge in [0.2, 0.25) is 0 Å². The number of ether oxygens (including phenoxy) is 4. The van der Waals surface area contributed by atoms with E-state index < -0.39 is 5.41 Å². The minimum absolute atomic E-state index is 0.0976. The second-order valence-electron chi connectivity index (χ2n) is 12.0. The summed E-state index contributed by atoms with van der Waals surface area (Å²) >= 11 is 2.34. The van der Waals surface area contributed by atoms with Gasteiger partial charge in [-0.15, -0.1) is 0 Å². The van der Waals surface area contributed by atoms with Crippen LogP contribution in [-0.2, 0) is 50.8 Å². The highest BCUT2D eigenvalue weighted by Gasteiger charge is 2.37. The summed E-state index contributed by atoms with van der Waals surface area (Å²) in [7, 11) is 0. The maximum atomic E-state index is 9.92.